The van der Waals surface area contributed by atoms with Crippen LogP contribution in [0.4, 0.5) is 0 Å². The van der Waals surface area contributed by atoms with Gasteiger partial charge in [-0.15, -0.1) is 0 Å². The lowest BCUT2D eigenvalue weighted by Crippen LogP contribution is -2.34. The first-order valence-electron chi connectivity index (χ1n) is 6.40. The van der Waals surface area contributed by atoms with Crippen LogP contribution in [0, 0.1) is 11.3 Å². The van der Waals surface area contributed by atoms with E-state index in [1.54, 1.807) is 0 Å². The molecule has 1 amide bonds. The first-order valence-corrected chi connectivity index (χ1v) is 6.40. The van der Waals surface area contributed by atoms with Crippen molar-refractivity contribution in [3.05, 3.63) is 35.9 Å². The molecule has 0 radical (unpaired) electrons. The molecular formula is C15H18N2O. The second-order valence-electron chi connectivity index (χ2n) is 5.07. The third kappa shape index (κ3) is 2.53. The van der Waals surface area contributed by atoms with Crippen LogP contribution in [0.3, 0.4) is 0 Å². The Labute approximate surface area is 108 Å². The van der Waals surface area contributed by atoms with E-state index >= 15 is 0 Å². The third-order valence-electron chi connectivity index (χ3n) is 3.62. The highest BCUT2D eigenvalue weighted by atomic mass is 16.2. The molecule has 1 unspecified atom stereocenters. The van der Waals surface area contributed by atoms with Gasteiger partial charge in [-0.05, 0) is 25.3 Å². The van der Waals surface area contributed by atoms with Gasteiger partial charge in [-0.2, -0.15) is 5.26 Å². The smallest absolute Gasteiger partial charge is 0.224 e. The molecule has 1 heterocycles. The van der Waals surface area contributed by atoms with E-state index < -0.39 is 5.41 Å². The molecule has 0 aromatic heterocycles. The van der Waals surface area contributed by atoms with Crippen LogP contribution in [0.15, 0.2) is 30.3 Å². The molecule has 0 saturated carbocycles. The first kappa shape index (κ1) is 12.6. The summed E-state index contributed by atoms with van der Waals surface area (Å²) >= 11 is 0. The van der Waals surface area contributed by atoms with Crippen LogP contribution in [0.1, 0.15) is 31.7 Å². The number of carbonyl (C=O) groups excluding carboxylic acids is 1. The molecule has 0 bridgehead atoms. The molecule has 3 nitrogen and oxygen atoms in total. The van der Waals surface area contributed by atoms with Gasteiger partial charge in [-0.1, -0.05) is 30.3 Å². The molecule has 0 spiro atoms. The fraction of sp³-hybridized carbons (Fsp3) is 0.467. The normalized spacial score (nSPS) is 18.1. The maximum atomic E-state index is 12.2. The van der Waals surface area contributed by atoms with Crippen molar-refractivity contribution in [3.8, 4) is 6.07 Å². The third-order valence-corrected chi connectivity index (χ3v) is 3.62. The van der Waals surface area contributed by atoms with Crippen molar-refractivity contribution in [1.29, 1.82) is 5.26 Å². The minimum atomic E-state index is -0.721. The van der Waals surface area contributed by atoms with Gasteiger partial charge >= 0.3 is 0 Å². The van der Waals surface area contributed by atoms with Crippen LogP contribution in [0.2, 0.25) is 0 Å². The van der Waals surface area contributed by atoms with Crippen LogP contribution < -0.4 is 0 Å². The van der Waals surface area contributed by atoms with Gasteiger partial charge in [-0.3, -0.25) is 4.79 Å². The Kier molecular flexibility index (Phi) is 3.66. The molecule has 3 heteroatoms. The number of hydrogen-bond donors (Lipinski definition) is 0. The van der Waals surface area contributed by atoms with Gasteiger partial charge in [0.05, 0.1) is 11.5 Å². The zero-order chi connectivity index (χ0) is 13.0. The van der Waals surface area contributed by atoms with E-state index in [-0.39, 0.29) is 12.3 Å². The largest absolute Gasteiger partial charge is 0.343 e. The number of amides is 1. The van der Waals surface area contributed by atoms with E-state index in [4.69, 9.17) is 0 Å². The Hall–Kier alpha value is -1.82. The van der Waals surface area contributed by atoms with Crippen molar-refractivity contribution in [2.45, 2.75) is 31.6 Å². The highest BCUT2D eigenvalue weighted by Crippen LogP contribution is 2.28. The molecule has 1 fully saturated rings. The molecule has 18 heavy (non-hydrogen) atoms. The Morgan fingerprint density at radius 3 is 2.50 bits per heavy atom. The molecule has 1 aliphatic rings. The fourth-order valence-corrected chi connectivity index (χ4v) is 2.39. The topological polar surface area (TPSA) is 44.1 Å². The summed E-state index contributed by atoms with van der Waals surface area (Å²) in [5, 5.41) is 9.41. The zero-order valence-corrected chi connectivity index (χ0v) is 10.7. The molecular weight excluding hydrogens is 224 g/mol. The van der Waals surface area contributed by atoms with E-state index in [0.717, 1.165) is 31.5 Å². The number of nitriles is 1. The number of nitrogens with zero attached hydrogens (tertiary/aromatic N) is 2. The quantitative estimate of drug-likeness (QED) is 0.817. The molecule has 94 valence electrons. The maximum absolute atomic E-state index is 12.2. The Morgan fingerprint density at radius 1 is 1.33 bits per heavy atom. The van der Waals surface area contributed by atoms with Gasteiger partial charge in [0.25, 0.3) is 0 Å². The predicted molar refractivity (Wildman–Crippen MR) is 69.8 cm³/mol. The van der Waals surface area contributed by atoms with Crippen molar-refractivity contribution in [2.24, 2.45) is 0 Å². The van der Waals surface area contributed by atoms with Gasteiger partial charge < -0.3 is 4.90 Å². The Balaban J connectivity index is 2.14. The van der Waals surface area contributed by atoms with E-state index in [0.29, 0.717) is 0 Å². The van der Waals surface area contributed by atoms with E-state index in [9.17, 15) is 10.1 Å². The van der Waals surface area contributed by atoms with Crippen molar-refractivity contribution in [2.75, 3.05) is 13.1 Å². The van der Waals surface area contributed by atoms with E-state index in [1.807, 2.05) is 42.2 Å². The van der Waals surface area contributed by atoms with Gasteiger partial charge in [0.1, 0.15) is 0 Å². The number of benzene rings is 1. The highest BCUT2D eigenvalue weighted by molar-refractivity contribution is 5.78. The summed E-state index contributed by atoms with van der Waals surface area (Å²) in [7, 11) is 0. The average Bonchev–Trinajstić information content (AvgIpc) is 2.93. The number of rotatable bonds is 3. The minimum Gasteiger partial charge on any atom is -0.343 e. The minimum absolute atomic E-state index is 0.0976. The molecule has 0 aliphatic carbocycles. The van der Waals surface area contributed by atoms with Gasteiger partial charge in [0, 0.05) is 19.5 Å². The molecule has 0 N–H and O–H groups in total. The SMILES string of the molecule is CC(C#N)(CC(=O)N1CCCC1)c1ccccc1. The Morgan fingerprint density at radius 2 is 1.94 bits per heavy atom. The number of likely N-dealkylation sites (tertiary alicyclic amines) is 1. The first-order chi connectivity index (χ1) is 8.65. The Bertz CT molecular complexity index is 457. The number of carbonyl (C=O) groups is 1. The van der Waals surface area contributed by atoms with Crippen LogP contribution in [0.5, 0.6) is 0 Å². The average molecular weight is 242 g/mol. The van der Waals surface area contributed by atoms with Gasteiger partial charge in [-0.25, -0.2) is 0 Å². The van der Waals surface area contributed by atoms with Crippen molar-refractivity contribution >= 4 is 5.91 Å². The van der Waals surface area contributed by atoms with Gasteiger partial charge in [0.15, 0.2) is 0 Å². The summed E-state index contributed by atoms with van der Waals surface area (Å²) < 4.78 is 0. The molecule has 1 atom stereocenters. The van der Waals surface area contributed by atoms with Crippen LogP contribution in [-0.2, 0) is 10.2 Å². The van der Waals surface area contributed by atoms with Crippen LogP contribution >= 0.6 is 0 Å². The number of hydrogen-bond acceptors (Lipinski definition) is 2. The summed E-state index contributed by atoms with van der Waals surface area (Å²) in [6.07, 6.45) is 2.44. The van der Waals surface area contributed by atoms with Crippen LogP contribution in [-0.4, -0.2) is 23.9 Å². The molecule has 2 rings (SSSR count). The second kappa shape index (κ2) is 5.22. The van der Waals surface area contributed by atoms with Crippen molar-refractivity contribution in [1.82, 2.24) is 4.90 Å². The van der Waals surface area contributed by atoms with Crippen molar-refractivity contribution in [3.63, 3.8) is 0 Å². The molecule has 1 aromatic carbocycles. The fourth-order valence-electron chi connectivity index (χ4n) is 2.39. The lowest BCUT2D eigenvalue weighted by atomic mass is 9.80. The van der Waals surface area contributed by atoms with Crippen molar-refractivity contribution < 1.29 is 4.79 Å². The van der Waals surface area contributed by atoms with E-state index in [2.05, 4.69) is 6.07 Å². The predicted octanol–water partition coefficient (Wildman–Crippen LogP) is 2.48. The molecule has 1 aliphatic heterocycles. The summed E-state index contributed by atoms with van der Waals surface area (Å²) in [4.78, 5) is 14.0. The zero-order valence-electron chi connectivity index (χ0n) is 10.7. The monoisotopic (exact) mass is 242 g/mol. The summed E-state index contributed by atoms with van der Waals surface area (Å²) in [5.74, 6) is 0.0976. The molecule has 1 aromatic rings. The highest BCUT2D eigenvalue weighted by Gasteiger charge is 2.32. The maximum Gasteiger partial charge on any atom is 0.224 e. The standard InChI is InChI=1S/C15H18N2O/c1-15(12-16,13-7-3-2-4-8-13)11-14(18)17-9-5-6-10-17/h2-4,7-8H,5-6,9-11H2,1H3. The van der Waals surface area contributed by atoms with Crippen LogP contribution in [0.25, 0.3) is 0 Å². The lowest BCUT2D eigenvalue weighted by molar-refractivity contribution is -0.130. The lowest BCUT2D eigenvalue weighted by Gasteiger charge is -2.24. The van der Waals surface area contributed by atoms with Gasteiger partial charge in [0.2, 0.25) is 5.91 Å². The molecule has 1 saturated heterocycles. The second-order valence-corrected chi connectivity index (χ2v) is 5.07. The summed E-state index contributed by atoms with van der Waals surface area (Å²) in [6.45, 7) is 3.53. The summed E-state index contributed by atoms with van der Waals surface area (Å²) in [5.41, 5.74) is 0.195. The van der Waals surface area contributed by atoms with E-state index in [1.165, 1.54) is 0 Å². The summed E-state index contributed by atoms with van der Waals surface area (Å²) in [6, 6.07) is 11.9.